The number of nitrogens with zero attached hydrogens (tertiary/aromatic N) is 2. The molecule has 4 nitrogen and oxygen atoms in total. The fourth-order valence-corrected chi connectivity index (χ4v) is 5.34. The van der Waals surface area contributed by atoms with Crippen LogP contribution in [0.4, 0.5) is 5.69 Å². The molecule has 1 aliphatic carbocycles. The molecule has 2 unspecified atom stereocenters. The third-order valence-electron chi connectivity index (χ3n) is 6.09. The topological polar surface area (TPSA) is 56.1 Å². The smallest absolute Gasteiger partial charge is 0.267 e. The van der Waals surface area contributed by atoms with Crippen molar-refractivity contribution in [2.75, 3.05) is 11.9 Å². The Morgan fingerprint density at radius 2 is 2.11 bits per heavy atom. The summed E-state index contributed by atoms with van der Waals surface area (Å²) in [5.74, 6) is -0.313. The Kier molecular flexibility index (Phi) is 5.08. The molecule has 3 rings (SSSR count). The summed E-state index contributed by atoms with van der Waals surface area (Å²) in [6, 6.07) is 8.54. The summed E-state index contributed by atoms with van der Waals surface area (Å²) in [6.45, 7) is 12.0. The molecule has 1 aliphatic heterocycles. The quantitative estimate of drug-likeness (QED) is 0.616. The van der Waals surface area contributed by atoms with E-state index in [0.29, 0.717) is 11.5 Å². The van der Waals surface area contributed by atoms with Crippen molar-refractivity contribution in [3.63, 3.8) is 0 Å². The molecule has 144 valence electrons. The molecule has 0 aromatic heterocycles. The Morgan fingerprint density at radius 3 is 2.78 bits per heavy atom. The molecular weight excluding hydrogens is 334 g/mol. The van der Waals surface area contributed by atoms with E-state index >= 15 is 0 Å². The lowest BCUT2D eigenvalue weighted by atomic mass is 9.65. The van der Waals surface area contributed by atoms with Gasteiger partial charge in [0.05, 0.1) is 0 Å². The van der Waals surface area contributed by atoms with E-state index in [4.69, 9.17) is 0 Å². The van der Waals surface area contributed by atoms with Gasteiger partial charge in [0.25, 0.3) is 5.91 Å². The van der Waals surface area contributed by atoms with E-state index in [-0.39, 0.29) is 16.9 Å². The van der Waals surface area contributed by atoms with Crippen molar-refractivity contribution in [2.24, 2.45) is 10.8 Å². The lowest BCUT2D eigenvalue weighted by Gasteiger charge is -2.39. The standard InChI is InChI=1S/C23H31N3O/c1-6-17-9-7-8-16(2)20(17)25-21(27)18(12-24)13-26-15-23(5)11-19(26)10-22(3,4)14-23/h7-9,13,19H,6,10-11,14-15H2,1-5H3,(H,25,27)/b18-13-. The normalized spacial score (nSPS) is 26.6. The number of anilines is 1. The summed E-state index contributed by atoms with van der Waals surface area (Å²) in [5.41, 5.74) is 3.71. The molecule has 2 fully saturated rings. The third-order valence-corrected chi connectivity index (χ3v) is 6.09. The number of nitrogens with one attached hydrogen (secondary N) is 1. The second-order valence-electron chi connectivity index (χ2n) is 9.46. The van der Waals surface area contributed by atoms with Crippen LogP contribution in [0.3, 0.4) is 0 Å². The van der Waals surface area contributed by atoms with E-state index in [1.54, 1.807) is 6.20 Å². The minimum absolute atomic E-state index is 0.189. The second kappa shape index (κ2) is 7.03. The van der Waals surface area contributed by atoms with Crippen LogP contribution in [0, 0.1) is 29.1 Å². The summed E-state index contributed by atoms with van der Waals surface area (Å²) in [7, 11) is 0. The highest BCUT2D eigenvalue weighted by Gasteiger charge is 2.48. The van der Waals surface area contributed by atoms with Gasteiger partial charge in [-0.15, -0.1) is 0 Å². The van der Waals surface area contributed by atoms with Gasteiger partial charge in [-0.3, -0.25) is 4.79 Å². The molecule has 4 heteroatoms. The van der Waals surface area contributed by atoms with E-state index in [1.807, 2.05) is 25.1 Å². The zero-order chi connectivity index (χ0) is 19.8. The minimum atomic E-state index is -0.313. The molecular formula is C23H31N3O. The molecule has 1 saturated carbocycles. The van der Waals surface area contributed by atoms with Gasteiger partial charge in [0.2, 0.25) is 0 Å². The van der Waals surface area contributed by atoms with Gasteiger partial charge in [0.1, 0.15) is 11.6 Å². The van der Waals surface area contributed by atoms with Crippen molar-refractivity contribution in [2.45, 2.75) is 66.3 Å². The van der Waals surface area contributed by atoms with Crippen LogP contribution in [0.1, 0.15) is 58.1 Å². The maximum atomic E-state index is 12.8. The van der Waals surface area contributed by atoms with Crippen LogP contribution in [-0.2, 0) is 11.2 Å². The van der Waals surface area contributed by atoms with Gasteiger partial charge in [-0.25, -0.2) is 0 Å². The number of hydrogen-bond acceptors (Lipinski definition) is 3. The van der Waals surface area contributed by atoms with Crippen LogP contribution >= 0.6 is 0 Å². The number of fused-ring (bicyclic) bond motifs is 2. The predicted molar refractivity (Wildman–Crippen MR) is 109 cm³/mol. The van der Waals surface area contributed by atoms with Crippen molar-refractivity contribution in [3.05, 3.63) is 41.1 Å². The number of aryl methyl sites for hydroxylation is 2. The van der Waals surface area contributed by atoms with Crippen molar-refractivity contribution in [3.8, 4) is 6.07 Å². The van der Waals surface area contributed by atoms with Crippen LogP contribution in [-0.4, -0.2) is 23.4 Å². The summed E-state index contributed by atoms with van der Waals surface area (Å²) in [5, 5.41) is 12.6. The van der Waals surface area contributed by atoms with E-state index in [9.17, 15) is 10.1 Å². The predicted octanol–water partition coefficient (Wildman–Crippen LogP) is 4.80. The number of amides is 1. The van der Waals surface area contributed by atoms with E-state index in [0.717, 1.165) is 42.6 Å². The molecule has 2 atom stereocenters. The highest BCUT2D eigenvalue weighted by molar-refractivity contribution is 6.07. The monoisotopic (exact) mass is 365 g/mol. The van der Waals surface area contributed by atoms with Gasteiger partial charge in [-0.1, -0.05) is 45.9 Å². The SMILES string of the molecule is CCc1cccc(C)c1NC(=O)/C(C#N)=C\N1CC2(C)CC1CC(C)(C)C2. The largest absolute Gasteiger partial charge is 0.373 e. The molecule has 27 heavy (non-hydrogen) atoms. The number of hydrogen-bond donors (Lipinski definition) is 1. The van der Waals surface area contributed by atoms with Gasteiger partial charge in [0, 0.05) is 24.5 Å². The Hall–Kier alpha value is -2.28. The molecule has 1 aromatic rings. The number of likely N-dealkylation sites (tertiary alicyclic amines) is 1. The Morgan fingerprint density at radius 1 is 1.37 bits per heavy atom. The van der Waals surface area contributed by atoms with Gasteiger partial charge in [0.15, 0.2) is 0 Å². The first-order valence-electron chi connectivity index (χ1n) is 9.94. The Balaban J connectivity index is 1.82. The third kappa shape index (κ3) is 4.03. The van der Waals surface area contributed by atoms with Crippen LogP contribution < -0.4 is 5.32 Å². The summed E-state index contributed by atoms with van der Waals surface area (Å²) < 4.78 is 0. The molecule has 2 aliphatic rings. The first-order chi connectivity index (χ1) is 12.7. The lowest BCUT2D eigenvalue weighted by Crippen LogP contribution is -2.33. The number of carbonyl (C=O) groups is 1. The van der Waals surface area contributed by atoms with Crippen LogP contribution in [0.15, 0.2) is 30.0 Å². The summed E-state index contributed by atoms with van der Waals surface area (Å²) >= 11 is 0. The van der Waals surface area contributed by atoms with Crippen molar-refractivity contribution in [1.29, 1.82) is 5.26 Å². The van der Waals surface area contributed by atoms with Crippen molar-refractivity contribution >= 4 is 11.6 Å². The van der Waals surface area contributed by atoms with Crippen molar-refractivity contribution in [1.82, 2.24) is 4.90 Å². The number of rotatable bonds is 4. The molecule has 1 saturated heterocycles. The van der Waals surface area contributed by atoms with Gasteiger partial charge in [-0.05, 0) is 54.6 Å². The second-order valence-corrected chi connectivity index (χ2v) is 9.46. The van der Waals surface area contributed by atoms with Gasteiger partial charge < -0.3 is 10.2 Å². The fraction of sp³-hybridized carbons (Fsp3) is 0.565. The highest BCUT2D eigenvalue weighted by Crippen LogP contribution is 2.52. The average molecular weight is 366 g/mol. The molecule has 1 heterocycles. The van der Waals surface area contributed by atoms with Crippen LogP contribution in [0.2, 0.25) is 0 Å². The molecule has 1 amide bonds. The van der Waals surface area contributed by atoms with Crippen LogP contribution in [0.5, 0.6) is 0 Å². The Bertz CT molecular complexity index is 817. The number of para-hydroxylation sites is 1. The average Bonchev–Trinajstić information content (AvgIpc) is 2.82. The van der Waals surface area contributed by atoms with Crippen LogP contribution in [0.25, 0.3) is 0 Å². The molecule has 1 aromatic carbocycles. The van der Waals surface area contributed by atoms with Gasteiger partial charge in [-0.2, -0.15) is 5.26 Å². The zero-order valence-corrected chi connectivity index (χ0v) is 17.2. The van der Waals surface area contributed by atoms with Crippen molar-refractivity contribution < 1.29 is 4.79 Å². The van der Waals surface area contributed by atoms with E-state index < -0.39 is 0 Å². The molecule has 1 N–H and O–H groups in total. The maximum Gasteiger partial charge on any atom is 0.267 e. The lowest BCUT2D eigenvalue weighted by molar-refractivity contribution is -0.112. The zero-order valence-electron chi connectivity index (χ0n) is 17.2. The fourth-order valence-electron chi connectivity index (χ4n) is 5.34. The molecule has 0 radical (unpaired) electrons. The number of benzene rings is 1. The molecule has 2 bridgehead atoms. The molecule has 0 spiro atoms. The number of carbonyl (C=O) groups excluding carboxylic acids is 1. The Labute approximate surface area is 163 Å². The first-order valence-corrected chi connectivity index (χ1v) is 9.94. The minimum Gasteiger partial charge on any atom is -0.373 e. The van der Waals surface area contributed by atoms with E-state index in [1.165, 1.54) is 6.42 Å². The van der Waals surface area contributed by atoms with E-state index in [2.05, 4.69) is 44.0 Å². The summed E-state index contributed by atoms with van der Waals surface area (Å²) in [6.07, 6.45) is 6.08. The number of nitriles is 1. The first kappa shape index (κ1) is 19.5. The van der Waals surface area contributed by atoms with Gasteiger partial charge >= 0.3 is 0 Å². The summed E-state index contributed by atoms with van der Waals surface area (Å²) in [4.78, 5) is 15.1. The highest BCUT2D eigenvalue weighted by atomic mass is 16.1. The maximum absolute atomic E-state index is 12.8.